The monoisotopic (exact) mass is 510 g/mol. The van der Waals surface area contributed by atoms with Crippen molar-refractivity contribution in [3.63, 3.8) is 0 Å². The van der Waals surface area contributed by atoms with E-state index in [1.54, 1.807) is 11.3 Å². The zero-order valence-electron chi connectivity index (χ0n) is 21.4. The number of aryl methyl sites for hydroxylation is 2. The minimum Gasteiger partial charge on any atom is -0.391 e. The number of nitrogens with zero attached hydrogens (tertiary/aromatic N) is 3. The summed E-state index contributed by atoms with van der Waals surface area (Å²) >= 11 is 1.60. The maximum atomic E-state index is 13.6. The maximum absolute atomic E-state index is 13.6. The van der Waals surface area contributed by atoms with E-state index >= 15 is 0 Å². The molecule has 1 aromatic carbocycles. The van der Waals surface area contributed by atoms with Crippen LogP contribution < -0.4 is 5.32 Å². The van der Waals surface area contributed by atoms with Gasteiger partial charge in [-0.05, 0) is 37.3 Å². The van der Waals surface area contributed by atoms with Gasteiger partial charge in [0.15, 0.2) is 0 Å². The first-order chi connectivity index (χ1) is 17.2. The Labute approximate surface area is 215 Å². The lowest BCUT2D eigenvalue weighted by Gasteiger charge is -2.29. The van der Waals surface area contributed by atoms with E-state index in [4.69, 9.17) is 4.52 Å². The van der Waals surface area contributed by atoms with Crippen LogP contribution in [0.2, 0.25) is 0 Å². The van der Waals surface area contributed by atoms with Gasteiger partial charge in [-0.1, -0.05) is 50.2 Å². The molecule has 0 bridgehead atoms. The average Bonchev–Trinajstić information content (AvgIpc) is 3.58. The minimum atomic E-state index is -0.754. The van der Waals surface area contributed by atoms with Crippen LogP contribution in [0.1, 0.15) is 68.8 Å². The predicted octanol–water partition coefficient (Wildman–Crippen LogP) is 4.25. The fraction of sp³-hybridized carbons (Fsp3) is 0.481. The molecule has 9 heteroatoms. The molecule has 4 atom stereocenters. The molecule has 1 fully saturated rings. The first kappa shape index (κ1) is 26.0. The third-order valence-electron chi connectivity index (χ3n) is 6.82. The van der Waals surface area contributed by atoms with E-state index < -0.39 is 18.1 Å². The number of thiazole rings is 1. The van der Waals surface area contributed by atoms with Crippen molar-refractivity contribution in [3.8, 4) is 10.4 Å². The van der Waals surface area contributed by atoms with Gasteiger partial charge >= 0.3 is 0 Å². The summed E-state index contributed by atoms with van der Waals surface area (Å²) in [6.07, 6.45) is 0.157. The van der Waals surface area contributed by atoms with Crippen molar-refractivity contribution in [2.75, 3.05) is 6.54 Å². The quantitative estimate of drug-likeness (QED) is 0.469. The Hall–Kier alpha value is -3.04. The summed E-state index contributed by atoms with van der Waals surface area (Å²) in [6.45, 7) is 9.88. The van der Waals surface area contributed by atoms with E-state index in [9.17, 15) is 14.7 Å². The molecule has 2 aromatic heterocycles. The normalized spacial score (nSPS) is 19.5. The lowest BCUT2D eigenvalue weighted by Crippen LogP contribution is -2.48. The molecule has 0 radical (unpaired) electrons. The molecule has 0 spiro atoms. The summed E-state index contributed by atoms with van der Waals surface area (Å²) in [5.41, 5.74) is 5.66. The maximum Gasteiger partial charge on any atom is 0.243 e. The van der Waals surface area contributed by atoms with Crippen LogP contribution in [0.25, 0.3) is 10.4 Å². The van der Waals surface area contributed by atoms with Crippen molar-refractivity contribution in [3.05, 3.63) is 58.6 Å². The highest BCUT2D eigenvalue weighted by Crippen LogP contribution is 2.32. The number of aromatic nitrogens is 2. The third kappa shape index (κ3) is 5.37. The molecule has 8 nitrogen and oxygen atoms in total. The third-order valence-corrected chi connectivity index (χ3v) is 7.80. The summed E-state index contributed by atoms with van der Waals surface area (Å²) in [6, 6.07) is 8.86. The molecule has 1 aliphatic heterocycles. The molecule has 2 amide bonds. The van der Waals surface area contributed by atoms with Gasteiger partial charge < -0.3 is 19.8 Å². The molecule has 3 aromatic rings. The second-order valence-corrected chi connectivity index (χ2v) is 10.7. The van der Waals surface area contributed by atoms with Crippen molar-refractivity contribution in [2.24, 2.45) is 5.92 Å². The van der Waals surface area contributed by atoms with Crippen molar-refractivity contribution in [2.45, 2.75) is 71.6 Å². The van der Waals surface area contributed by atoms with Gasteiger partial charge in [-0.25, -0.2) is 4.98 Å². The van der Waals surface area contributed by atoms with Crippen LogP contribution in [-0.2, 0) is 16.0 Å². The SMILES string of the molecule is CCc1cc(C(C(=O)N2C[C@H](O)C[C@H]2C(=O)N[C@@H](C)c2ccc(-c3scnc3C)cc2)C(C)C)on1. The van der Waals surface area contributed by atoms with Crippen LogP contribution in [0.5, 0.6) is 0 Å². The zero-order valence-corrected chi connectivity index (χ0v) is 22.2. The predicted molar refractivity (Wildman–Crippen MR) is 138 cm³/mol. The van der Waals surface area contributed by atoms with Crippen LogP contribution in [0.3, 0.4) is 0 Å². The molecule has 4 rings (SSSR count). The summed E-state index contributed by atoms with van der Waals surface area (Å²) in [4.78, 5) is 33.9. The Morgan fingerprint density at radius 2 is 1.97 bits per heavy atom. The van der Waals surface area contributed by atoms with Crippen LogP contribution >= 0.6 is 11.3 Å². The molecular formula is C27H34N4O4S. The van der Waals surface area contributed by atoms with E-state index in [2.05, 4.69) is 15.5 Å². The molecule has 1 aliphatic rings. The van der Waals surface area contributed by atoms with Gasteiger partial charge in [-0.15, -0.1) is 11.3 Å². The summed E-state index contributed by atoms with van der Waals surface area (Å²) in [7, 11) is 0. The van der Waals surface area contributed by atoms with Gasteiger partial charge in [0.1, 0.15) is 17.7 Å². The van der Waals surface area contributed by atoms with Gasteiger partial charge in [-0.2, -0.15) is 0 Å². The number of hydrogen-bond donors (Lipinski definition) is 2. The second-order valence-electron chi connectivity index (χ2n) is 9.81. The first-order valence-electron chi connectivity index (χ1n) is 12.4. The lowest BCUT2D eigenvalue weighted by molar-refractivity contribution is -0.141. The number of likely N-dealkylation sites (tertiary alicyclic amines) is 1. The van der Waals surface area contributed by atoms with E-state index in [1.807, 2.05) is 70.5 Å². The number of benzene rings is 1. The van der Waals surface area contributed by atoms with Crippen LogP contribution in [0, 0.1) is 12.8 Å². The van der Waals surface area contributed by atoms with Gasteiger partial charge in [0.2, 0.25) is 11.8 Å². The molecule has 1 unspecified atom stereocenters. The number of β-amino-alcohol motifs (C(OH)–C–C–N with tert-alkyl or cyclic N) is 1. The molecule has 36 heavy (non-hydrogen) atoms. The van der Waals surface area contributed by atoms with E-state index in [-0.39, 0.29) is 36.7 Å². The van der Waals surface area contributed by atoms with Crippen molar-refractivity contribution in [1.82, 2.24) is 20.4 Å². The van der Waals surface area contributed by atoms with Crippen LogP contribution in [0.4, 0.5) is 0 Å². The van der Waals surface area contributed by atoms with Crippen LogP contribution in [0.15, 0.2) is 40.4 Å². The van der Waals surface area contributed by atoms with E-state index in [1.165, 1.54) is 4.90 Å². The first-order valence-corrected chi connectivity index (χ1v) is 13.3. The number of amides is 2. The Bertz CT molecular complexity index is 1200. The highest BCUT2D eigenvalue weighted by molar-refractivity contribution is 7.13. The molecule has 1 saturated heterocycles. The Morgan fingerprint density at radius 3 is 2.56 bits per heavy atom. The fourth-order valence-electron chi connectivity index (χ4n) is 4.76. The van der Waals surface area contributed by atoms with Crippen LogP contribution in [-0.4, -0.2) is 50.7 Å². The number of aliphatic hydroxyl groups excluding tert-OH is 1. The second kappa shape index (κ2) is 10.9. The average molecular weight is 511 g/mol. The number of rotatable bonds is 8. The van der Waals surface area contributed by atoms with Gasteiger partial charge in [-0.3, -0.25) is 9.59 Å². The van der Waals surface area contributed by atoms with Gasteiger partial charge in [0.25, 0.3) is 0 Å². The number of nitrogens with one attached hydrogen (secondary N) is 1. The number of aliphatic hydroxyl groups is 1. The summed E-state index contributed by atoms with van der Waals surface area (Å²) < 4.78 is 5.48. The standard InChI is InChI=1S/C27H34N4O4S/c1-6-20-11-23(35-30-20)24(15(2)3)27(34)31-13-21(32)12-22(31)26(33)29-16(4)18-7-9-19(10-8-18)25-17(5)28-14-36-25/h7-11,14-16,21-22,24,32H,6,12-13H2,1-5H3,(H,29,33)/t16-,21+,22-,24?/m0/s1. The lowest BCUT2D eigenvalue weighted by atomic mass is 9.91. The molecular weight excluding hydrogens is 476 g/mol. The van der Waals surface area contributed by atoms with Crippen molar-refractivity contribution in [1.29, 1.82) is 0 Å². The molecule has 0 saturated carbocycles. The number of hydrogen-bond acceptors (Lipinski definition) is 7. The van der Waals surface area contributed by atoms with Gasteiger partial charge in [0.05, 0.1) is 33.9 Å². The molecule has 0 aliphatic carbocycles. The topological polar surface area (TPSA) is 109 Å². The largest absolute Gasteiger partial charge is 0.391 e. The number of carbonyl (C=O) groups excluding carboxylic acids is 2. The minimum absolute atomic E-state index is 0.0590. The molecule has 192 valence electrons. The van der Waals surface area contributed by atoms with Crippen molar-refractivity contribution >= 4 is 23.2 Å². The highest BCUT2D eigenvalue weighted by atomic mass is 32.1. The number of carbonyl (C=O) groups is 2. The van der Waals surface area contributed by atoms with E-state index in [0.717, 1.165) is 27.4 Å². The molecule has 3 heterocycles. The Kier molecular flexibility index (Phi) is 7.90. The molecule has 2 N–H and O–H groups in total. The van der Waals surface area contributed by atoms with E-state index in [0.29, 0.717) is 12.2 Å². The smallest absolute Gasteiger partial charge is 0.243 e. The van der Waals surface area contributed by atoms with Gasteiger partial charge in [0, 0.05) is 19.0 Å². The Morgan fingerprint density at radius 1 is 1.25 bits per heavy atom. The van der Waals surface area contributed by atoms with Crippen molar-refractivity contribution < 1.29 is 19.2 Å². The Balaban J connectivity index is 1.47. The highest BCUT2D eigenvalue weighted by Gasteiger charge is 2.43. The fourth-order valence-corrected chi connectivity index (χ4v) is 5.57. The summed E-state index contributed by atoms with van der Waals surface area (Å²) in [5, 5.41) is 17.5. The zero-order chi connectivity index (χ0) is 26.0. The summed E-state index contributed by atoms with van der Waals surface area (Å²) in [5.74, 6) is -0.631.